The van der Waals surface area contributed by atoms with Crippen LogP contribution in [0.3, 0.4) is 0 Å². The second kappa shape index (κ2) is 11.2. The van der Waals surface area contributed by atoms with Crippen LogP contribution in [-0.2, 0) is 4.79 Å². The number of aryl methyl sites for hydroxylation is 2. The first-order valence-electron chi connectivity index (χ1n) is 10.9. The van der Waals surface area contributed by atoms with Crippen LogP contribution in [0.5, 0.6) is 17.2 Å². The maximum atomic E-state index is 12.8. The second-order valence-corrected chi connectivity index (χ2v) is 9.30. The molecule has 0 atom stereocenters. The molecule has 184 valence electrons. The predicted molar refractivity (Wildman–Crippen MR) is 142 cm³/mol. The number of carbonyl (C=O) groups is 2. The monoisotopic (exact) mass is 522 g/mol. The third kappa shape index (κ3) is 5.84. The number of esters is 1. The number of halogens is 1. The molecule has 0 spiro atoms. The molecule has 0 aliphatic rings. The highest BCUT2D eigenvalue weighted by Gasteiger charge is 2.20. The highest BCUT2D eigenvalue weighted by Crippen LogP contribution is 2.37. The summed E-state index contributed by atoms with van der Waals surface area (Å²) >= 11 is 7.65. The summed E-state index contributed by atoms with van der Waals surface area (Å²) in [5.41, 5.74) is 5.28. The lowest BCUT2D eigenvalue weighted by Gasteiger charge is -2.09. The fourth-order valence-corrected chi connectivity index (χ4v) is 4.69. The van der Waals surface area contributed by atoms with Crippen LogP contribution in [0.1, 0.15) is 26.4 Å². The van der Waals surface area contributed by atoms with Crippen molar-refractivity contribution in [1.82, 2.24) is 5.43 Å². The molecule has 0 bridgehead atoms. The van der Waals surface area contributed by atoms with Crippen LogP contribution in [0.15, 0.2) is 65.8 Å². The number of hydrogen-bond acceptors (Lipinski definition) is 7. The number of amides is 1. The molecule has 1 N–H and O–H groups in total. The predicted octanol–water partition coefficient (Wildman–Crippen LogP) is 5.93. The molecule has 0 aliphatic carbocycles. The third-order valence-electron chi connectivity index (χ3n) is 5.36. The van der Waals surface area contributed by atoms with Crippen molar-refractivity contribution in [2.24, 2.45) is 5.10 Å². The van der Waals surface area contributed by atoms with Gasteiger partial charge in [0.25, 0.3) is 5.91 Å². The van der Waals surface area contributed by atoms with Gasteiger partial charge in [-0.3, -0.25) is 4.79 Å². The largest absolute Gasteiger partial charge is 0.493 e. The first kappa shape index (κ1) is 25.2. The summed E-state index contributed by atoms with van der Waals surface area (Å²) in [6.07, 6.45) is 1.45. The highest BCUT2D eigenvalue weighted by molar-refractivity contribution is 7.21. The van der Waals surface area contributed by atoms with Crippen molar-refractivity contribution in [2.45, 2.75) is 13.8 Å². The van der Waals surface area contributed by atoms with Gasteiger partial charge in [-0.2, -0.15) is 5.10 Å². The summed E-state index contributed by atoms with van der Waals surface area (Å²) in [4.78, 5) is 25.1. The number of ether oxygens (including phenoxy) is 3. The summed E-state index contributed by atoms with van der Waals surface area (Å²) in [5, 5.41) is 5.11. The third-order valence-corrected chi connectivity index (χ3v) is 7.02. The molecule has 7 nitrogen and oxygen atoms in total. The molecular weight excluding hydrogens is 500 g/mol. The number of carbonyl (C=O) groups excluding carboxylic acids is 2. The molecule has 1 heterocycles. The van der Waals surface area contributed by atoms with Gasteiger partial charge in [0, 0.05) is 10.1 Å². The standard InChI is InChI=1S/C27H23ClN2O5S/c1-16-8-10-19(12-17(16)2)34-15-24(31)30-29-14-18-9-11-21(22(13-18)33-3)35-27(32)26-25(28)20-6-4-5-7-23(20)36-26/h4-14H,15H2,1-3H3,(H,30,31)/b29-14-. The number of methoxy groups -OCH3 is 1. The topological polar surface area (TPSA) is 86.2 Å². The lowest BCUT2D eigenvalue weighted by atomic mass is 10.1. The van der Waals surface area contributed by atoms with Crippen molar-refractivity contribution in [2.75, 3.05) is 13.7 Å². The van der Waals surface area contributed by atoms with Gasteiger partial charge in [0.1, 0.15) is 10.6 Å². The van der Waals surface area contributed by atoms with Crippen LogP contribution in [0, 0.1) is 13.8 Å². The average Bonchev–Trinajstić information content (AvgIpc) is 3.22. The Hall–Kier alpha value is -3.88. The highest BCUT2D eigenvalue weighted by atomic mass is 35.5. The van der Waals surface area contributed by atoms with E-state index >= 15 is 0 Å². The Bertz CT molecular complexity index is 1460. The molecule has 0 radical (unpaired) electrons. The van der Waals surface area contributed by atoms with Gasteiger partial charge in [0.15, 0.2) is 18.1 Å². The van der Waals surface area contributed by atoms with E-state index < -0.39 is 11.9 Å². The van der Waals surface area contributed by atoms with Gasteiger partial charge in [0.05, 0.1) is 18.3 Å². The molecule has 36 heavy (non-hydrogen) atoms. The van der Waals surface area contributed by atoms with E-state index in [-0.39, 0.29) is 12.4 Å². The van der Waals surface area contributed by atoms with E-state index in [4.69, 9.17) is 25.8 Å². The van der Waals surface area contributed by atoms with Crippen LogP contribution in [-0.4, -0.2) is 31.8 Å². The molecule has 0 aliphatic heterocycles. The van der Waals surface area contributed by atoms with Gasteiger partial charge in [-0.05, 0) is 66.9 Å². The van der Waals surface area contributed by atoms with Crippen molar-refractivity contribution in [3.05, 3.63) is 87.3 Å². The SMILES string of the molecule is COc1cc(/C=N\NC(=O)COc2ccc(C)c(C)c2)ccc1OC(=O)c1sc2ccccc2c1Cl. The number of thiophene rings is 1. The lowest BCUT2D eigenvalue weighted by Crippen LogP contribution is -2.24. The van der Waals surface area contributed by atoms with E-state index in [2.05, 4.69) is 10.5 Å². The molecule has 9 heteroatoms. The number of nitrogens with one attached hydrogen (secondary N) is 1. The van der Waals surface area contributed by atoms with Crippen molar-refractivity contribution in [3.63, 3.8) is 0 Å². The van der Waals surface area contributed by atoms with E-state index in [1.807, 2.05) is 56.3 Å². The number of hydrazone groups is 1. The van der Waals surface area contributed by atoms with Gasteiger partial charge in [0.2, 0.25) is 0 Å². The molecule has 0 unspecified atom stereocenters. The lowest BCUT2D eigenvalue weighted by molar-refractivity contribution is -0.123. The maximum Gasteiger partial charge on any atom is 0.355 e. The van der Waals surface area contributed by atoms with E-state index in [9.17, 15) is 9.59 Å². The number of hydrogen-bond donors (Lipinski definition) is 1. The van der Waals surface area contributed by atoms with E-state index in [0.29, 0.717) is 27.0 Å². The molecule has 1 aromatic heterocycles. The van der Waals surface area contributed by atoms with Crippen molar-refractivity contribution in [3.8, 4) is 17.2 Å². The Morgan fingerprint density at radius 3 is 2.58 bits per heavy atom. The normalized spacial score (nSPS) is 11.0. The summed E-state index contributed by atoms with van der Waals surface area (Å²) < 4.78 is 17.3. The first-order chi connectivity index (χ1) is 17.4. The molecule has 0 fully saturated rings. The Balaban J connectivity index is 1.36. The van der Waals surface area contributed by atoms with Crippen LogP contribution in [0.2, 0.25) is 5.02 Å². The molecule has 3 aromatic carbocycles. The van der Waals surface area contributed by atoms with Crippen molar-refractivity contribution < 1.29 is 23.8 Å². The Labute approximate surface area is 217 Å². The maximum absolute atomic E-state index is 12.8. The zero-order valence-electron chi connectivity index (χ0n) is 19.8. The molecule has 0 saturated carbocycles. The fraction of sp³-hybridized carbons (Fsp3) is 0.148. The average molecular weight is 523 g/mol. The smallest absolute Gasteiger partial charge is 0.355 e. The van der Waals surface area contributed by atoms with Gasteiger partial charge in [-0.15, -0.1) is 11.3 Å². The van der Waals surface area contributed by atoms with E-state index in [1.54, 1.807) is 18.2 Å². The minimum atomic E-state index is -0.572. The molecule has 1 amide bonds. The summed E-state index contributed by atoms with van der Waals surface area (Å²) in [6.45, 7) is 3.82. The van der Waals surface area contributed by atoms with Gasteiger partial charge in [-0.25, -0.2) is 10.2 Å². The summed E-state index contributed by atoms with van der Waals surface area (Å²) in [7, 11) is 1.46. The van der Waals surface area contributed by atoms with Gasteiger partial charge < -0.3 is 14.2 Å². The van der Waals surface area contributed by atoms with Crippen LogP contribution in [0.4, 0.5) is 0 Å². The molecule has 4 rings (SSSR count). The van der Waals surface area contributed by atoms with Gasteiger partial charge >= 0.3 is 5.97 Å². The first-order valence-corrected chi connectivity index (χ1v) is 12.1. The Morgan fingerprint density at radius 2 is 1.83 bits per heavy atom. The molecule has 0 saturated heterocycles. The second-order valence-electron chi connectivity index (χ2n) is 7.87. The number of rotatable bonds is 8. The quantitative estimate of drug-likeness (QED) is 0.134. The van der Waals surface area contributed by atoms with Crippen LogP contribution < -0.4 is 19.6 Å². The molecule has 4 aromatic rings. The summed E-state index contributed by atoms with van der Waals surface area (Å²) in [5.74, 6) is 0.205. The zero-order valence-corrected chi connectivity index (χ0v) is 21.4. The minimum Gasteiger partial charge on any atom is -0.493 e. The van der Waals surface area contributed by atoms with Crippen LogP contribution >= 0.6 is 22.9 Å². The summed E-state index contributed by atoms with van der Waals surface area (Å²) in [6, 6.07) is 18.0. The Kier molecular flexibility index (Phi) is 7.87. The van der Waals surface area contributed by atoms with E-state index in [1.165, 1.54) is 24.7 Å². The van der Waals surface area contributed by atoms with Crippen molar-refractivity contribution in [1.29, 1.82) is 0 Å². The molecular formula is C27H23ClN2O5S. The fourth-order valence-electron chi connectivity index (χ4n) is 3.30. The number of fused-ring (bicyclic) bond motifs is 1. The van der Waals surface area contributed by atoms with E-state index in [0.717, 1.165) is 21.2 Å². The Morgan fingerprint density at radius 1 is 1.03 bits per heavy atom. The zero-order chi connectivity index (χ0) is 25.7. The minimum absolute atomic E-state index is 0.168. The number of nitrogens with zero attached hydrogens (tertiary/aromatic N) is 1. The van der Waals surface area contributed by atoms with Crippen molar-refractivity contribution >= 4 is 51.1 Å². The van der Waals surface area contributed by atoms with Gasteiger partial charge in [-0.1, -0.05) is 35.9 Å². The number of benzene rings is 3. The van der Waals surface area contributed by atoms with Crippen LogP contribution in [0.25, 0.3) is 10.1 Å².